The first-order valence-corrected chi connectivity index (χ1v) is 9.98. The summed E-state index contributed by atoms with van der Waals surface area (Å²) < 4.78 is 0. The molecule has 1 N–H and O–H groups in total. The van der Waals surface area contributed by atoms with E-state index in [0.29, 0.717) is 18.4 Å². The highest BCUT2D eigenvalue weighted by molar-refractivity contribution is 5.89. The molecule has 1 saturated heterocycles. The molecule has 0 bridgehead atoms. The molecule has 0 spiro atoms. The third kappa shape index (κ3) is 4.44. The van der Waals surface area contributed by atoms with E-state index in [-0.39, 0.29) is 22.9 Å². The fraction of sp³-hybridized carbons (Fsp3) is 0.417. The summed E-state index contributed by atoms with van der Waals surface area (Å²) in [6, 6.07) is 15.7. The molecule has 1 aliphatic heterocycles. The quantitative estimate of drug-likeness (QED) is 0.797. The molecule has 1 atom stereocenters. The number of aryl methyl sites for hydroxylation is 1. The molecule has 0 aliphatic carbocycles. The van der Waals surface area contributed by atoms with Gasteiger partial charge in [0.2, 0.25) is 5.91 Å². The molecule has 1 aliphatic rings. The number of likely N-dealkylation sites (tertiary alicyclic amines) is 1. The Bertz CT molecular complexity index is 849. The van der Waals surface area contributed by atoms with E-state index in [1.165, 1.54) is 11.1 Å². The predicted molar refractivity (Wildman–Crippen MR) is 111 cm³/mol. The first-order chi connectivity index (χ1) is 13.3. The number of carbonyl (C=O) groups is 2. The van der Waals surface area contributed by atoms with Crippen molar-refractivity contribution in [2.24, 2.45) is 0 Å². The van der Waals surface area contributed by atoms with Crippen LogP contribution < -0.4 is 0 Å². The maximum Gasteiger partial charge on any atom is 0.335 e. The lowest BCUT2D eigenvalue weighted by atomic mass is 9.86. The number of nitrogens with zero attached hydrogens (tertiary/aromatic N) is 1. The summed E-state index contributed by atoms with van der Waals surface area (Å²) in [4.78, 5) is 26.2. The third-order valence-electron chi connectivity index (χ3n) is 5.59. The highest BCUT2D eigenvalue weighted by atomic mass is 16.4. The molecular weight excluding hydrogens is 350 g/mol. The maximum absolute atomic E-state index is 12.9. The molecule has 1 amide bonds. The van der Waals surface area contributed by atoms with Gasteiger partial charge in [0.05, 0.1) is 11.6 Å². The molecule has 28 heavy (non-hydrogen) atoms. The summed E-state index contributed by atoms with van der Waals surface area (Å²) in [5, 5.41) is 9.32. The monoisotopic (exact) mass is 379 g/mol. The highest BCUT2D eigenvalue weighted by Crippen LogP contribution is 2.34. The molecule has 1 unspecified atom stereocenters. The van der Waals surface area contributed by atoms with Crippen LogP contribution in [0, 0.1) is 0 Å². The number of rotatable bonds is 5. The van der Waals surface area contributed by atoms with Crippen LogP contribution in [0.1, 0.15) is 73.1 Å². The lowest BCUT2D eigenvalue weighted by molar-refractivity contribution is -0.132. The zero-order valence-electron chi connectivity index (χ0n) is 16.9. The second-order valence-corrected chi connectivity index (χ2v) is 8.58. The molecule has 2 aromatic rings. The average Bonchev–Trinajstić information content (AvgIpc) is 3.15. The van der Waals surface area contributed by atoms with Crippen LogP contribution in [-0.2, 0) is 16.6 Å². The Hall–Kier alpha value is -2.62. The Balaban J connectivity index is 1.69. The number of benzene rings is 2. The SMILES string of the molecule is CC(C)(C)c1ccc(C2CCCN2C(=O)CCc2ccccc2C(=O)O)cc1. The van der Waals surface area contributed by atoms with Crippen molar-refractivity contribution >= 4 is 11.9 Å². The molecule has 2 aromatic carbocycles. The van der Waals surface area contributed by atoms with E-state index >= 15 is 0 Å². The minimum atomic E-state index is -0.943. The Morgan fingerprint density at radius 1 is 1.07 bits per heavy atom. The number of carboxylic acids is 1. The van der Waals surface area contributed by atoms with Crippen molar-refractivity contribution in [3.8, 4) is 0 Å². The van der Waals surface area contributed by atoms with Crippen LogP contribution in [0.2, 0.25) is 0 Å². The van der Waals surface area contributed by atoms with Gasteiger partial charge < -0.3 is 10.0 Å². The van der Waals surface area contributed by atoms with Crippen LogP contribution in [0.15, 0.2) is 48.5 Å². The Morgan fingerprint density at radius 2 is 1.75 bits per heavy atom. The Labute approximate surface area is 167 Å². The average molecular weight is 380 g/mol. The minimum absolute atomic E-state index is 0.0996. The van der Waals surface area contributed by atoms with Gasteiger partial charge in [-0.2, -0.15) is 0 Å². The normalized spacial score (nSPS) is 17.0. The standard InChI is InChI=1S/C24H29NO3/c1-24(2,3)19-13-10-18(11-14-19)21-9-6-16-25(21)22(26)15-12-17-7-4-5-8-20(17)23(27)28/h4-5,7-8,10-11,13-14,21H,6,9,12,15-16H2,1-3H3,(H,27,28). The van der Waals surface area contributed by atoms with Crippen molar-refractivity contribution in [2.45, 2.75) is 57.9 Å². The summed E-state index contributed by atoms with van der Waals surface area (Å²) in [5.74, 6) is -0.844. The maximum atomic E-state index is 12.9. The van der Waals surface area contributed by atoms with Crippen molar-refractivity contribution in [3.05, 3.63) is 70.8 Å². The van der Waals surface area contributed by atoms with Gasteiger partial charge in [-0.1, -0.05) is 63.2 Å². The summed E-state index contributed by atoms with van der Waals surface area (Å²) in [6.45, 7) is 7.36. The van der Waals surface area contributed by atoms with Gasteiger partial charge in [0.25, 0.3) is 0 Å². The zero-order chi connectivity index (χ0) is 20.3. The molecule has 4 nitrogen and oxygen atoms in total. The second kappa shape index (κ2) is 8.17. The summed E-state index contributed by atoms with van der Waals surface area (Å²) in [5.41, 5.74) is 3.59. The number of aromatic carboxylic acids is 1. The number of carbonyl (C=O) groups excluding carboxylic acids is 1. The van der Waals surface area contributed by atoms with E-state index < -0.39 is 5.97 Å². The number of carboxylic acid groups (broad SMARTS) is 1. The topological polar surface area (TPSA) is 57.6 Å². The lowest BCUT2D eigenvalue weighted by Gasteiger charge is -2.26. The van der Waals surface area contributed by atoms with Crippen molar-refractivity contribution in [3.63, 3.8) is 0 Å². The van der Waals surface area contributed by atoms with Crippen molar-refractivity contribution in [1.29, 1.82) is 0 Å². The van der Waals surface area contributed by atoms with Gasteiger partial charge in [0.15, 0.2) is 0 Å². The first kappa shape index (κ1) is 20.1. The summed E-state index contributed by atoms with van der Waals surface area (Å²) in [6.07, 6.45) is 2.77. The molecular formula is C24H29NO3. The van der Waals surface area contributed by atoms with E-state index in [2.05, 4.69) is 45.0 Å². The Kier molecular flexibility index (Phi) is 5.87. The molecule has 0 aromatic heterocycles. The van der Waals surface area contributed by atoms with Gasteiger partial charge >= 0.3 is 5.97 Å². The molecule has 148 valence electrons. The Morgan fingerprint density at radius 3 is 2.39 bits per heavy atom. The van der Waals surface area contributed by atoms with Gasteiger partial charge in [-0.15, -0.1) is 0 Å². The summed E-state index contributed by atoms with van der Waals surface area (Å²) >= 11 is 0. The van der Waals surface area contributed by atoms with Gasteiger partial charge in [-0.05, 0) is 47.4 Å². The fourth-order valence-electron chi connectivity index (χ4n) is 3.95. The molecule has 4 heteroatoms. The van der Waals surface area contributed by atoms with Gasteiger partial charge in [0.1, 0.15) is 0 Å². The van der Waals surface area contributed by atoms with E-state index in [4.69, 9.17) is 0 Å². The second-order valence-electron chi connectivity index (χ2n) is 8.58. The molecule has 0 radical (unpaired) electrons. The molecule has 1 fully saturated rings. The fourth-order valence-corrected chi connectivity index (χ4v) is 3.95. The smallest absolute Gasteiger partial charge is 0.335 e. The molecule has 3 rings (SSSR count). The van der Waals surface area contributed by atoms with Crippen molar-refractivity contribution in [2.75, 3.05) is 6.54 Å². The summed E-state index contributed by atoms with van der Waals surface area (Å²) in [7, 11) is 0. The number of amides is 1. The number of hydrogen-bond donors (Lipinski definition) is 1. The van der Waals surface area contributed by atoms with Gasteiger partial charge in [-0.25, -0.2) is 4.79 Å². The van der Waals surface area contributed by atoms with Crippen LogP contribution in [0.3, 0.4) is 0 Å². The molecule has 1 heterocycles. The van der Waals surface area contributed by atoms with Crippen LogP contribution in [0.25, 0.3) is 0 Å². The molecule has 0 saturated carbocycles. The van der Waals surface area contributed by atoms with Crippen molar-refractivity contribution < 1.29 is 14.7 Å². The first-order valence-electron chi connectivity index (χ1n) is 9.98. The van der Waals surface area contributed by atoms with Crippen LogP contribution in [0.5, 0.6) is 0 Å². The number of hydrogen-bond acceptors (Lipinski definition) is 2. The largest absolute Gasteiger partial charge is 0.478 e. The van der Waals surface area contributed by atoms with Gasteiger partial charge in [0, 0.05) is 13.0 Å². The third-order valence-corrected chi connectivity index (χ3v) is 5.59. The van der Waals surface area contributed by atoms with Crippen molar-refractivity contribution in [1.82, 2.24) is 4.90 Å². The highest BCUT2D eigenvalue weighted by Gasteiger charge is 2.30. The van der Waals surface area contributed by atoms with E-state index in [1.807, 2.05) is 11.0 Å². The predicted octanol–water partition coefficient (Wildman–Crippen LogP) is 4.98. The van der Waals surface area contributed by atoms with E-state index in [1.54, 1.807) is 18.2 Å². The van der Waals surface area contributed by atoms with Crippen LogP contribution in [0.4, 0.5) is 0 Å². The lowest BCUT2D eigenvalue weighted by Crippen LogP contribution is -2.30. The zero-order valence-corrected chi connectivity index (χ0v) is 16.9. The minimum Gasteiger partial charge on any atom is -0.478 e. The van der Waals surface area contributed by atoms with Crippen LogP contribution >= 0.6 is 0 Å². The van der Waals surface area contributed by atoms with Gasteiger partial charge in [-0.3, -0.25) is 4.79 Å². The van der Waals surface area contributed by atoms with Crippen LogP contribution in [-0.4, -0.2) is 28.4 Å². The van der Waals surface area contributed by atoms with E-state index in [0.717, 1.165) is 19.4 Å². The van der Waals surface area contributed by atoms with E-state index in [9.17, 15) is 14.7 Å².